The fourth-order valence-corrected chi connectivity index (χ4v) is 4.94. The van der Waals surface area contributed by atoms with Gasteiger partial charge >= 0.3 is 0 Å². The molecule has 3 rings (SSSR count). The van der Waals surface area contributed by atoms with Crippen LogP contribution in [0.1, 0.15) is 98.8 Å². The van der Waals surface area contributed by atoms with E-state index < -0.39 is 6.10 Å². The monoisotopic (exact) mass is 494 g/mol. The number of aliphatic hydroxyl groups excluding tert-OH is 1. The van der Waals surface area contributed by atoms with Gasteiger partial charge in [0.15, 0.2) is 0 Å². The summed E-state index contributed by atoms with van der Waals surface area (Å²) in [6, 6.07) is 11.9. The predicted molar refractivity (Wildman–Crippen MR) is 148 cm³/mol. The van der Waals surface area contributed by atoms with E-state index in [4.69, 9.17) is 0 Å². The molecule has 1 aromatic heterocycles. The number of aliphatic hydroxyl groups is 1. The molecule has 1 aliphatic heterocycles. The van der Waals surface area contributed by atoms with Crippen LogP contribution < -0.4 is 16.0 Å². The van der Waals surface area contributed by atoms with E-state index in [-0.39, 0.29) is 11.9 Å². The minimum Gasteiger partial charge on any atom is -0.390 e. The largest absolute Gasteiger partial charge is 0.390 e. The van der Waals surface area contributed by atoms with E-state index in [0.29, 0.717) is 30.5 Å². The Morgan fingerprint density at radius 3 is 2.69 bits per heavy atom. The highest BCUT2D eigenvalue weighted by molar-refractivity contribution is 5.95. The highest BCUT2D eigenvalue weighted by Crippen LogP contribution is 2.20. The molecule has 0 aliphatic carbocycles. The first-order chi connectivity index (χ1) is 17.3. The van der Waals surface area contributed by atoms with Gasteiger partial charge in [-0.25, -0.2) is 4.98 Å². The summed E-state index contributed by atoms with van der Waals surface area (Å²) in [5.74, 6) is 1.50. The van der Waals surface area contributed by atoms with Crippen LogP contribution in [-0.4, -0.2) is 41.2 Å². The molecule has 6 nitrogen and oxygen atoms in total. The van der Waals surface area contributed by atoms with Gasteiger partial charge in [-0.3, -0.25) is 4.79 Å². The number of nitrogens with one attached hydrogen (secondary N) is 3. The summed E-state index contributed by atoms with van der Waals surface area (Å²) in [6.45, 7) is 10.5. The van der Waals surface area contributed by atoms with Crippen LogP contribution in [0, 0.1) is 12.8 Å². The van der Waals surface area contributed by atoms with Crippen molar-refractivity contribution in [2.45, 2.75) is 97.2 Å². The number of fused-ring (bicyclic) bond motifs is 2. The third-order valence-electron chi connectivity index (χ3n) is 7.13. The zero-order chi connectivity index (χ0) is 25.9. The Bertz CT molecular complexity index is 962. The maximum Gasteiger partial charge on any atom is 0.251 e. The third kappa shape index (κ3) is 9.21. The minimum absolute atomic E-state index is 0.156. The number of hydrogen-bond donors (Lipinski definition) is 4. The molecule has 2 bridgehead atoms. The number of pyridine rings is 1. The van der Waals surface area contributed by atoms with Crippen LogP contribution in [-0.2, 0) is 6.54 Å². The van der Waals surface area contributed by atoms with Crippen molar-refractivity contribution in [3.8, 4) is 0 Å². The van der Waals surface area contributed by atoms with E-state index in [0.717, 1.165) is 37.3 Å². The van der Waals surface area contributed by atoms with Crippen molar-refractivity contribution in [2.75, 3.05) is 18.4 Å². The molecule has 2 heterocycles. The lowest BCUT2D eigenvalue weighted by Gasteiger charge is -2.27. The number of rotatable bonds is 6. The van der Waals surface area contributed by atoms with Crippen LogP contribution in [0.2, 0.25) is 0 Å². The van der Waals surface area contributed by atoms with Gasteiger partial charge in [-0.2, -0.15) is 0 Å². The normalized spacial score (nSPS) is 21.0. The molecule has 0 unspecified atom stereocenters. The molecule has 1 amide bonds. The van der Waals surface area contributed by atoms with Crippen molar-refractivity contribution in [2.24, 2.45) is 5.92 Å². The molecule has 198 valence electrons. The zero-order valence-corrected chi connectivity index (χ0v) is 22.6. The molecule has 1 aliphatic rings. The number of carbonyl (C=O) groups excluding carboxylic acids is 1. The number of carbonyl (C=O) groups is 1. The van der Waals surface area contributed by atoms with Crippen molar-refractivity contribution in [3.63, 3.8) is 0 Å². The van der Waals surface area contributed by atoms with Crippen molar-refractivity contribution in [1.29, 1.82) is 0 Å². The number of aromatic nitrogens is 1. The Morgan fingerprint density at radius 2 is 1.89 bits per heavy atom. The van der Waals surface area contributed by atoms with Crippen LogP contribution in [0.4, 0.5) is 5.82 Å². The quantitative estimate of drug-likeness (QED) is 0.423. The second-order valence-corrected chi connectivity index (χ2v) is 10.9. The summed E-state index contributed by atoms with van der Waals surface area (Å²) in [5.41, 5.74) is 3.91. The Labute approximate surface area is 217 Å². The number of anilines is 1. The summed E-state index contributed by atoms with van der Waals surface area (Å²) in [4.78, 5) is 17.8. The second kappa shape index (κ2) is 14.3. The van der Waals surface area contributed by atoms with Crippen molar-refractivity contribution in [1.82, 2.24) is 15.6 Å². The maximum absolute atomic E-state index is 13.2. The number of nitrogens with zero attached hydrogens (tertiary/aromatic N) is 1. The van der Waals surface area contributed by atoms with Gasteiger partial charge in [0, 0.05) is 30.9 Å². The lowest BCUT2D eigenvalue weighted by molar-refractivity contribution is 0.0792. The Kier molecular flexibility index (Phi) is 11.2. The second-order valence-electron chi connectivity index (χ2n) is 10.9. The molecule has 0 saturated heterocycles. The van der Waals surface area contributed by atoms with Crippen LogP contribution in [0.25, 0.3) is 0 Å². The summed E-state index contributed by atoms with van der Waals surface area (Å²) in [7, 11) is 0. The van der Waals surface area contributed by atoms with Gasteiger partial charge in [0.2, 0.25) is 0 Å². The maximum atomic E-state index is 13.2. The smallest absolute Gasteiger partial charge is 0.251 e. The van der Waals surface area contributed by atoms with Crippen molar-refractivity contribution in [3.05, 3.63) is 58.8 Å². The summed E-state index contributed by atoms with van der Waals surface area (Å²) >= 11 is 0. The van der Waals surface area contributed by atoms with Gasteiger partial charge in [-0.05, 0) is 54.9 Å². The molecule has 0 radical (unpaired) electrons. The summed E-state index contributed by atoms with van der Waals surface area (Å²) in [5, 5.41) is 21.1. The third-order valence-corrected chi connectivity index (χ3v) is 7.13. The summed E-state index contributed by atoms with van der Waals surface area (Å²) in [6.07, 6.45) is 7.17. The number of benzene rings is 1. The molecule has 0 spiro atoms. The standard InChI is InChI=1S/C30H46N4O2/c1-21(2)25-13-10-12-24(17-25)19-31-20-28(35)27-15-22(3)11-8-6-5-7-9-14-32-29-18-26(30(36)34-27)16-23(4)33-29/h10,12-13,16-18,21-22,27-28,31,35H,5-9,11,14-15,19-20H2,1-4H3,(H,32,33)(H,34,36)/t22-,27+,28-/m1/s1. The number of hydrogen-bond acceptors (Lipinski definition) is 5. The highest BCUT2D eigenvalue weighted by atomic mass is 16.3. The fraction of sp³-hybridized carbons (Fsp3) is 0.600. The molecule has 36 heavy (non-hydrogen) atoms. The minimum atomic E-state index is -0.677. The first kappa shape index (κ1) is 28.1. The average Bonchev–Trinajstić information content (AvgIpc) is 2.84. The predicted octanol–water partition coefficient (Wildman–Crippen LogP) is 5.55. The summed E-state index contributed by atoms with van der Waals surface area (Å²) < 4.78 is 0. The lowest BCUT2D eigenvalue weighted by Crippen LogP contribution is -2.48. The molecular formula is C30H46N4O2. The van der Waals surface area contributed by atoms with Crippen LogP contribution in [0.5, 0.6) is 0 Å². The highest BCUT2D eigenvalue weighted by Gasteiger charge is 2.24. The average molecular weight is 495 g/mol. The van der Waals surface area contributed by atoms with Gasteiger partial charge in [0.05, 0.1) is 12.1 Å². The first-order valence-corrected chi connectivity index (χ1v) is 13.8. The molecule has 4 N–H and O–H groups in total. The topological polar surface area (TPSA) is 86.3 Å². The molecule has 0 fully saturated rings. The van der Waals surface area contributed by atoms with Gasteiger partial charge in [-0.15, -0.1) is 0 Å². The van der Waals surface area contributed by atoms with Crippen molar-refractivity contribution >= 4 is 11.7 Å². The molecule has 1 aromatic carbocycles. The molecule has 0 saturated carbocycles. The van der Waals surface area contributed by atoms with Crippen LogP contribution in [0.15, 0.2) is 36.4 Å². The number of amides is 1. The van der Waals surface area contributed by atoms with E-state index >= 15 is 0 Å². The number of aryl methyl sites for hydroxylation is 1. The van der Waals surface area contributed by atoms with Crippen LogP contribution >= 0.6 is 0 Å². The molecule has 2 aromatic rings. The van der Waals surface area contributed by atoms with Crippen molar-refractivity contribution < 1.29 is 9.90 Å². The van der Waals surface area contributed by atoms with E-state index in [1.54, 1.807) is 0 Å². The zero-order valence-electron chi connectivity index (χ0n) is 22.6. The van der Waals surface area contributed by atoms with E-state index in [9.17, 15) is 9.90 Å². The van der Waals surface area contributed by atoms with Crippen LogP contribution in [0.3, 0.4) is 0 Å². The fourth-order valence-electron chi connectivity index (χ4n) is 4.94. The van der Waals surface area contributed by atoms with E-state index in [1.165, 1.54) is 36.8 Å². The van der Waals surface area contributed by atoms with Gasteiger partial charge in [-0.1, -0.05) is 77.1 Å². The van der Waals surface area contributed by atoms with E-state index in [1.807, 2.05) is 19.1 Å². The SMILES string of the molecule is Cc1cc2cc(n1)NCCCCCCC[C@@H](C)C[C@@H]([C@H](O)CNCc1cccc(C(C)C)c1)NC2=O. The Hall–Kier alpha value is -2.44. The molecule has 3 atom stereocenters. The van der Waals surface area contributed by atoms with Gasteiger partial charge in [0.1, 0.15) is 5.82 Å². The molecule has 6 heteroatoms. The molecular weight excluding hydrogens is 448 g/mol. The first-order valence-electron chi connectivity index (χ1n) is 13.8. The lowest BCUT2D eigenvalue weighted by atomic mass is 9.92. The van der Waals surface area contributed by atoms with E-state index in [2.05, 4.69) is 66.0 Å². The van der Waals surface area contributed by atoms with Gasteiger partial charge < -0.3 is 21.1 Å². The van der Waals surface area contributed by atoms with Gasteiger partial charge in [0.25, 0.3) is 5.91 Å². The Morgan fingerprint density at radius 1 is 1.11 bits per heavy atom. The Balaban J connectivity index is 1.68.